The minimum atomic E-state index is -1.48. The molecule has 1 amide bonds. The molecule has 2 aliphatic rings. The molecule has 9 atom stereocenters. The molecule has 2 unspecified atom stereocenters. The molecule has 268 valence electrons. The Kier molecular flexibility index (Phi) is 14.1. The quantitative estimate of drug-likeness (QED) is 0.198. The maximum absolute atomic E-state index is 12.5. The molecular formula is C35H52N2O11. The molecule has 2 fully saturated rings. The lowest BCUT2D eigenvalue weighted by atomic mass is 10.0. The minimum absolute atomic E-state index is 0.0416. The molecule has 48 heavy (non-hydrogen) atoms. The van der Waals surface area contributed by atoms with Crippen LogP contribution in [0.1, 0.15) is 57.3 Å². The van der Waals surface area contributed by atoms with Crippen LogP contribution < -0.4 is 0 Å². The van der Waals surface area contributed by atoms with E-state index in [2.05, 4.69) is 0 Å². The van der Waals surface area contributed by atoms with E-state index in [4.69, 9.17) is 23.7 Å². The fourth-order valence-corrected chi connectivity index (χ4v) is 5.68. The molecule has 2 aromatic rings. The average Bonchev–Trinajstić information content (AvgIpc) is 3.05. The summed E-state index contributed by atoms with van der Waals surface area (Å²) in [5.41, 5.74) is 0.861. The van der Waals surface area contributed by atoms with Crippen molar-refractivity contribution in [3.8, 4) is 0 Å². The summed E-state index contributed by atoms with van der Waals surface area (Å²) in [5, 5.41) is 54.8. The Morgan fingerprint density at radius 3 is 2.00 bits per heavy atom. The Hall–Kier alpha value is -2.69. The molecule has 2 aliphatic heterocycles. The Labute approximate surface area is 282 Å². The summed E-state index contributed by atoms with van der Waals surface area (Å²) in [6, 6.07) is 18.4. The molecule has 0 aliphatic carbocycles. The molecule has 0 radical (unpaired) electrons. The number of hydrogen-bond acceptors (Lipinski definition) is 12. The first kappa shape index (κ1) is 38.1. The topological polar surface area (TPSA) is 171 Å². The van der Waals surface area contributed by atoms with Gasteiger partial charge in [-0.05, 0) is 27.2 Å². The van der Waals surface area contributed by atoms with Crippen LogP contribution >= 0.6 is 0 Å². The van der Waals surface area contributed by atoms with Crippen LogP contribution in [0.3, 0.4) is 0 Å². The summed E-state index contributed by atoms with van der Waals surface area (Å²) >= 11 is 0. The van der Waals surface area contributed by atoms with E-state index in [0.29, 0.717) is 25.1 Å². The number of nitrogens with zero attached hydrogens (tertiary/aromatic N) is 2. The number of ether oxygens (including phenoxy) is 5. The highest BCUT2D eigenvalue weighted by molar-refractivity contribution is 5.67. The van der Waals surface area contributed by atoms with Crippen molar-refractivity contribution in [2.75, 3.05) is 46.4 Å². The predicted molar refractivity (Wildman–Crippen MR) is 175 cm³/mol. The number of benzene rings is 2. The van der Waals surface area contributed by atoms with Gasteiger partial charge in [0.1, 0.15) is 30.0 Å². The number of rotatable bonds is 14. The van der Waals surface area contributed by atoms with Gasteiger partial charge >= 0.3 is 6.09 Å². The number of carbonyl (C=O) groups excluding carboxylic acids is 1. The molecule has 0 aromatic heterocycles. The van der Waals surface area contributed by atoms with Crippen LogP contribution in [-0.4, -0.2) is 136 Å². The van der Waals surface area contributed by atoms with Gasteiger partial charge in [-0.2, -0.15) is 0 Å². The van der Waals surface area contributed by atoms with Crippen molar-refractivity contribution in [3.63, 3.8) is 0 Å². The Balaban J connectivity index is 1.39. The van der Waals surface area contributed by atoms with Gasteiger partial charge < -0.3 is 54.1 Å². The standard InChI is InChI=1S/C35H52N2O11/c1-35(2,3)48-34(43)36(4)16-11-17-37(19-25(38)18-29-27(40)21-44-32(46-29)23-12-7-5-8-13-23)20-26(39)30(42)31-28(41)22-45-33(47-31)24-14-9-6-10-15-24/h5-10,12-15,25-33,38-42H,11,16-22H2,1-4H3/t25-,26+,27-,28-,29+,30-,31-,32?,33?/m1/s1. The van der Waals surface area contributed by atoms with Gasteiger partial charge in [0.05, 0.1) is 31.5 Å². The van der Waals surface area contributed by atoms with Crippen LogP contribution in [0.5, 0.6) is 0 Å². The summed E-state index contributed by atoms with van der Waals surface area (Å²) in [6.07, 6.45) is -9.25. The summed E-state index contributed by atoms with van der Waals surface area (Å²) in [5.74, 6) is 0. The fourth-order valence-electron chi connectivity index (χ4n) is 5.68. The molecule has 0 bridgehead atoms. The van der Waals surface area contributed by atoms with Crippen LogP contribution in [0.15, 0.2) is 60.7 Å². The Morgan fingerprint density at radius 1 is 0.854 bits per heavy atom. The lowest BCUT2D eigenvalue weighted by molar-refractivity contribution is -0.283. The molecular weight excluding hydrogens is 624 g/mol. The number of hydrogen-bond donors (Lipinski definition) is 5. The van der Waals surface area contributed by atoms with Crippen LogP contribution in [0, 0.1) is 0 Å². The smallest absolute Gasteiger partial charge is 0.410 e. The normalized spacial score (nSPS) is 26.9. The van der Waals surface area contributed by atoms with Gasteiger partial charge in [0.15, 0.2) is 12.6 Å². The zero-order valence-corrected chi connectivity index (χ0v) is 28.2. The largest absolute Gasteiger partial charge is 0.444 e. The summed E-state index contributed by atoms with van der Waals surface area (Å²) in [6.45, 7) is 5.97. The van der Waals surface area contributed by atoms with E-state index < -0.39 is 67.0 Å². The van der Waals surface area contributed by atoms with E-state index in [9.17, 15) is 30.3 Å². The van der Waals surface area contributed by atoms with Crippen molar-refractivity contribution < 1.29 is 54.0 Å². The zero-order chi connectivity index (χ0) is 34.8. The van der Waals surface area contributed by atoms with E-state index in [1.165, 1.54) is 4.90 Å². The van der Waals surface area contributed by atoms with Crippen molar-refractivity contribution in [1.82, 2.24) is 9.80 Å². The van der Waals surface area contributed by atoms with E-state index in [1.54, 1.807) is 44.9 Å². The molecule has 5 N–H and O–H groups in total. The molecule has 13 heteroatoms. The van der Waals surface area contributed by atoms with E-state index >= 15 is 0 Å². The highest BCUT2D eigenvalue weighted by Gasteiger charge is 2.40. The van der Waals surface area contributed by atoms with Crippen LogP contribution in [0.25, 0.3) is 0 Å². The number of aliphatic hydroxyl groups is 5. The highest BCUT2D eigenvalue weighted by Crippen LogP contribution is 2.30. The first-order chi connectivity index (χ1) is 22.8. The van der Waals surface area contributed by atoms with Gasteiger partial charge in [0, 0.05) is 50.8 Å². The van der Waals surface area contributed by atoms with Gasteiger partial charge in [-0.3, -0.25) is 4.90 Å². The SMILES string of the molecule is CN(CCCN(C[C@H](O)C[C@@H]1OC(c2ccccc2)OC[C@H]1O)C[C@H](O)[C@@H](O)[C@@H]1OC(c2ccccc2)OC[C@H]1O)C(=O)OC(C)(C)C. The number of carbonyl (C=O) groups is 1. The maximum Gasteiger partial charge on any atom is 0.410 e. The summed E-state index contributed by atoms with van der Waals surface area (Å²) < 4.78 is 28.6. The third kappa shape index (κ3) is 11.4. The van der Waals surface area contributed by atoms with E-state index in [0.717, 1.165) is 5.56 Å². The number of aliphatic hydroxyl groups excluding tert-OH is 5. The highest BCUT2D eigenvalue weighted by atomic mass is 16.7. The molecule has 2 aromatic carbocycles. The monoisotopic (exact) mass is 676 g/mol. The van der Waals surface area contributed by atoms with Gasteiger partial charge in [0.25, 0.3) is 0 Å². The molecule has 0 spiro atoms. The van der Waals surface area contributed by atoms with Crippen LogP contribution in [0.4, 0.5) is 4.79 Å². The van der Waals surface area contributed by atoms with Crippen molar-refractivity contribution in [2.24, 2.45) is 0 Å². The number of amides is 1. The minimum Gasteiger partial charge on any atom is -0.444 e. The first-order valence-corrected chi connectivity index (χ1v) is 16.5. The van der Waals surface area contributed by atoms with Crippen LogP contribution in [0.2, 0.25) is 0 Å². The zero-order valence-electron chi connectivity index (χ0n) is 28.2. The summed E-state index contributed by atoms with van der Waals surface area (Å²) in [7, 11) is 1.63. The molecule has 2 saturated heterocycles. The molecule has 13 nitrogen and oxygen atoms in total. The Morgan fingerprint density at radius 2 is 1.42 bits per heavy atom. The van der Waals surface area contributed by atoms with Crippen molar-refractivity contribution in [1.29, 1.82) is 0 Å². The lowest BCUT2D eigenvalue weighted by Crippen LogP contribution is -2.54. The van der Waals surface area contributed by atoms with Crippen LogP contribution in [-0.2, 0) is 23.7 Å². The molecule has 4 rings (SSSR count). The third-order valence-corrected chi connectivity index (χ3v) is 8.19. The third-order valence-electron chi connectivity index (χ3n) is 8.19. The second-order valence-corrected chi connectivity index (χ2v) is 13.5. The second kappa shape index (κ2) is 17.8. The van der Waals surface area contributed by atoms with Gasteiger partial charge in [-0.25, -0.2) is 4.79 Å². The van der Waals surface area contributed by atoms with Gasteiger partial charge in [0.2, 0.25) is 0 Å². The van der Waals surface area contributed by atoms with Crippen molar-refractivity contribution in [2.45, 2.75) is 94.5 Å². The van der Waals surface area contributed by atoms with E-state index in [-0.39, 0.29) is 32.7 Å². The fraction of sp³-hybridized carbons (Fsp3) is 0.629. The predicted octanol–water partition coefficient (Wildman–Crippen LogP) is 1.97. The summed E-state index contributed by atoms with van der Waals surface area (Å²) in [4.78, 5) is 15.7. The maximum atomic E-state index is 12.5. The molecule has 0 saturated carbocycles. The second-order valence-electron chi connectivity index (χ2n) is 13.5. The Bertz CT molecular complexity index is 1230. The van der Waals surface area contributed by atoms with Crippen molar-refractivity contribution >= 4 is 6.09 Å². The lowest BCUT2D eigenvalue weighted by Gasteiger charge is -2.39. The molecule has 2 heterocycles. The first-order valence-electron chi connectivity index (χ1n) is 16.5. The van der Waals surface area contributed by atoms with Crippen molar-refractivity contribution in [3.05, 3.63) is 71.8 Å². The van der Waals surface area contributed by atoms with Gasteiger partial charge in [-0.15, -0.1) is 0 Å². The van der Waals surface area contributed by atoms with E-state index in [1.807, 2.05) is 48.5 Å². The average molecular weight is 677 g/mol. The van der Waals surface area contributed by atoms with Gasteiger partial charge in [-0.1, -0.05) is 60.7 Å².